The van der Waals surface area contributed by atoms with Crippen LogP contribution in [0, 0.1) is 6.92 Å². The van der Waals surface area contributed by atoms with E-state index in [9.17, 15) is 14.4 Å². The number of carbonyl (C=O) groups is 3. The van der Waals surface area contributed by atoms with Crippen LogP contribution in [0.5, 0.6) is 0 Å². The predicted octanol–water partition coefficient (Wildman–Crippen LogP) is 3.74. The fourth-order valence-corrected chi connectivity index (χ4v) is 3.66. The predicted molar refractivity (Wildman–Crippen MR) is 124 cm³/mol. The molecule has 0 aliphatic heterocycles. The number of aryl methyl sites for hydroxylation is 1. The maximum Gasteiger partial charge on any atom is 0.328 e. The number of para-hydroxylation sites is 2. The third-order valence-electron chi connectivity index (χ3n) is 5.36. The Kier molecular flexibility index (Phi) is 7.48. The zero-order valence-electron chi connectivity index (χ0n) is 19.6. The molecule has 0 saturated carbocycles. The largest absolute Gasteiger partial charge is 0.464 e. The quantitative estimate of drug-likeness (QED) is 0.510. The Bertz CT molecular complexity index is 1170. The molecule has 2 unspecified atom stereocenters. The number of nitrogens with zero attached hydrogens (tertiary/aromatic N) is 3. The van der Waals surface area contributed by atoms with Crippen molar-refractivity contribution in [3.8, 4) is 0 Å². The minimum Gasteiger partial charge on any atom is -0.464 e. The van der Waals surface area contributed by atoms with Crippen molar-refractivity contribution in [1.29, 1.82) is 0 Å². The number of hydrogen-bond donors (Lipinski definition) is 0. The van der Waals surface area contributed by atoms with Crippen LogP contribution < -0.4 is 5.62 Å². The molecule has 0 bridgehead atoms. The highest BCUT2D eigenvalue weighted by molar-refractivity contribution is 5.95. The Labute approximate surface area is 192 Å². The van der Waals surface area contributed by atoms with Crippen molar-refractivity contribution in [2.24, 2.45) is 4.99 Å². The summed E-state index contributed by atoms with van der Waals surface area (Å²) in [5, 5.41) is 0. The Morgan fingerprint density at radius 1 is 0.818 bits per heavy atom. The number of esters is 2. The number of imidazole rings is 1. The van der Waals surface area contributed by atoms with Crippen LogP contribution in [0.4, 0.5) is 0 Å². The molecule has 0 spiro atoms. The maximum atomic E-state index is 13.1. The van der Waals surface area contributed by atoms with Crippen molar-refractivity contribution in [3.63, 3.8) is 0 Å². The van der Waals surface area contributed by atoms with Gasteiger partial charge in [0.25, 0.3) is 5.91 Å². The van der Waals surface area contributed by atoms with Gasteiger partial charge in [-0.25, -0.2) is 9.59 Å². The third kappa shape index (κ3) is 4.89. The van der Waals surface area contributed by atoms with Crippen molar-refractivity contribution in [3.05, 3.63) is 65.3 Å². The van der Waals surface area contributed by atoms with Crippen LogP contribution in [0.2, 0.25) is 0 Å². The summed E-state index contributed by atoms with van der Waals surface area (Å²) in [7, 11) is 0. The molecule has 1 aromatic heterocycles. The number of aromatic nitrogens is 2. The molecule has 2 aromatic carbocycles. The molecule has 0 fully saturated rings. The summed E-state index contributed by atoms with van der Waals surface area (Å²) < 4.78 is 13.7. The molecule has 1 amide bonds. The number of rotatable bonds is 7. The normalized spacial score (nSPS) is 12.8. The minimum atomic E-state index is -0.782. The zero-order chi connectivity index (χ0) is 24.1. The second-order valence-corrected chi connectivity index (χ2v) is 7.67. The first-order valence-corrected chi connectivity index (χ1v) is 11.0. The van der Waals surface area contributed by atoms with Gasteiger partial charge in [0.15, 0.2) is 0 Å². The van der Waals surface area contributed by atoms with Gasteiger partial charge in [0.05, 0.1) is 24.2 Å². The smallest absolute Gasteiger partial charge is 0.328 e. The molecular formula is C25H29N3O5. The molecule has 174 valence electrons. The van der Waals surface area contributed by atoms with Crippen molar-refractivity contribution < 1.29 is 23.9 Å². The Balaban J connectivity index is 2.33. The van der Waals surface area contributed by atoms with E-state index in [1.54, 1.807) is 49.0 Å². The highest BCUT2D eigenvalue weighted by Crippen LogP contribution is 2.22. The second-order valence-electron chi connectivity index (χ2n) is 7.67. The average Bonchev–Trinajstić information content (AvgIpc) is 3.12. The number of benzene rings is 2. The van der Waals surface area contributed by atoms with E-state index in [1.807, 2.05) is 43.3 Å². The van der Waals surface area contributed by atoms with Gasteiger partial charge >= 0.3 is 11.9 Å². The number of ether oxygens (including phenoxy) is 2. The van der Waals surface area contributed by atoms with E-state index >= 15 is 0 Å². The lowest BCUT2D eigenvalue weighted by Gasteiger charge is -2.15. The molecule has 3 rings (SSSR count). The lowest BCUT2D eigenvalue weighted by Crippen LogP contribution is -2.36. The van der Waals surface area contributed by atoms with Crippen molar-refractivity contribution in [2.45, 2.75) is 46.7 Å². The topological polar surface area (TPSA) is 91.9 Å². The summed E-state index contributed by atoms with van der Waals surface area (Å²) in [6, 6.07) is 12.8. The third-order valence-corrected chi connectivity index (χ3v) is 5.36. The first-order valence-electron chi connectivity index (χ1n) is 11.0. The molecule has 0 radical (unpaired) electrons. The van der Waals surface area contributed by atoms with Crippen LogP contribution in [0.1, 0.15) is 55.7 Å². The van der Waals surface area contributed by atoms with Gasteiger partial charge in [0.2, 0.25) is 5.62 Å². The minimum absolute atomic E-state index is 0.169. The van der Waals surface area contributed by atoms with Crippen LogP contribution in [-0.4, -0.2) is 40.2 Å². The number of carbonyl (C=O) groups excluding carboxylic acids is 3. The van der Waals surface area contributed by atoms with Crippen LogP contribution in [0.25, 0.3) is 11.0 Å². The Hall–Kier alpha value is -3.68. The molecule has 0 aliphatic rings. The highest BCUT2D eigenvalue weighted by Gasteiger charge is 2.27. The van der Waals surface area contributed by atoms with E-state index in [2.05, 4.69) is 4.99 Å². The fraction of sp³-hybridized carbons (Fsp3) is 0.360. The Morgan fingerprint density at radius 3 is 1.70 bits per heavy atom. The van der Waals surface area contributed by atoms with Crippen molar-refractivity contribution >= 4 is 28.9 Å². The lowest BCUT2D eigenvalue weighted by atomic mass is 10.1. The summed E-state index contributed by atoms with van der Waals surface area (Å²) in [4.78, 5) is 42.9. The summed E-state index contributed by atoms with van der Waals surface area (Å²) in [6.45, 7) is 9.19. The van der Waals surface area contributed by atoms with E-state index in [1.165, 1.54) is 0 Å². The van der Waals surface area contributed by atoms with Gasteiger partial charge in [0, 0.05) is 5.56 Å². The SMILES string of the molecule is CCOC(=O)C(C)n1c(=NC(=O)c2ccc(C)cc2)n(C(C)C(=O)OCC)c2ccccc21. The zero-order valence-corrected chi connectivity index (χ0v) is 19.6. The van der Waals surface area contributed by atoms with E-state index in [0.717, 1.165) is 5.56 Å². The van der Waals surface area contributed by atoms with E-state index in [-0.39, 0.29) is 18.8 Å². The summed E-state index contributed by atoms with van der Waals surface area (Å²) in [6.07, 6.45) is 0. The highest BCUT2D eigenvalue weighted by atomic mass is 16.5. The van der Waals surface area contributed by atoms with Crippen molar-refractivity contribution in [2.75, 3.05) is 13.2 Å². The molecule has 33 heavy (non-hydrogen) atoms. The lowest BCUT2D eigenvalue weighted by molar-refractivity contribution is -0.146. The van der Waals surface area contributed by atoms with Gasteiger partial charge in [0.1, 0.15) is 12.1 Å². The van der Waals surface area contributed by atoms with Gasteiger partial charge in [-0.05, 0) is 58.9 Å². The monoisotopic (exact) mass is 451 g/mol. The molecule has 3 aromatic rings. The number of hydrogen-bond acceptors (Lipinski definition) is 5. The maximum absolute atomic E-state index is 13.1. The van der Waals surface area contributed by atoms with Gasteiger partial charge in [-0.2, -0.15) is 4.99 Å². The molecule has 0 saturated heterocycles. The summed E-state index contributed by atoms with van der Waals surface area (Å²) >= 11 is 0. The molecule has 8 nitrogen and oxygen atoms in total. The van der Waals surface area contributed by atoms with E-state index in [4.69, 9.17) is 9.47 Å². The van der Waals surface area contributed by atoms with Crippen LogP contribution >= 0.6 is 0 Å². The van der Waals surface area contributed by atoms with E-state index < -0.39 is 29.9 Å². The van der Waals surface area contributed by atoms with Gasteiger partial charge < -0.3 is 9.47 Å². The van der Waals surface area contributed by atoms with Crippen LogP contribution in [0.15, 0.2) is 53.5 Å². The van der Waals surface area contributed by atoms with Gasteiger partial charge in [-0.1, -0.05) is 29.8 Å². The molecule has 0 aliphatic carbocycles. The number of amides is 1. The fourth-order valence-electron chi connectivity index (χ4n) is 3.66. The number of fused-ring (bicyclic) bond motifs is 1. The molecular weight excluding hydrogens is 422 g/mol. The summed E-state index contributed by atoms with van der Waals surface area (Å²) in [5.41, 5.74) is 2.87. The second kappa shape index (κ2) is 10.3. The standard InChI is InChI=1S/C25H29N3O5/c1-6-32-23(30)17(4)27-20-10-8-9-11-21(20)28(18(5)24(31)33-7-2)25(27)26-22(29)19-14-12-16(3)13-15-19/h8-15,17-18H,6-7H2,1-5H3. The van der Waals surface area contributed by atoms with E-state index in [0.29, 0.717) is 16.6 Å². The molecule has 1 heterocycles. The first-order chi connectivity index (χ1) is 15.8. The van der Waals surface area contributed by atoms with Gasteiger partial charge in [-0.3, -0.25) is 13.9 Å². The molecule has 0 N–H and O–H groups in total. The molecule has 8 heteroatoms. The first kappa shape index (κ1) is 24.0. The van der Waals surface area contributed by atoms with Crippen LogP contribution in [-0.2, 0) is 19.1 Å². The molecule has 2 atom stereocenters. The Morgan fingerprint density at radius 2 is 1.27 bits per heavy atom. The van der Waals surface area contributed by atoms with Crippen LogP contribution in [0.3, 0.4) is 0 Å². The van der Waals surface area contributed by atoms with Crippen molar-refractivity contribution in [1.82, 2.24) is 9.13 Å². The average molecular weight is 452 g/mol. The van der Waals surface area contributed by atoms with Gasteiger partial charge in [-0.15, -0.1) is 0 Å². The summed E-state index contributed by atoms with van der Waals surface area (Å²) in [5.74, 6) is -1.42.